The first kappa shape index (κ1) is 13.5. The molecular formula is C14H18N2O3. The van der Waals surface area contributed by atoms with Crippen LogP contribution in [0.2, 0.25) is 0 Å². The van der Waals surface area contributed by atoms with Gasteiger partial charge in [-0.3, -0.25) is 9.59 Å². The molecule has 19 heavy (non-hydrogen) atoms. The van der Waals surface area contributed by atoms with Crippen LogP contribution in [0.1, 0.15) is 30.4 Å². The average molecular weight is 262 g/mol. The molecule has 0 aromatic heterocycles. The molecule has 0 atom stereocenters. The van der Waals surface area contributed by atoms with Crippen LogP contribution in [0.5, 0.6) is 0 Å². The van der Waals surface area contributed by atoms with E-state index in [0.29, 0.717) is 19.4 Å². The van der Waals surface area contributed by atoms with E-state index in [1.807, 2.05) is 12.1 Å². The number of carbonyl (C=O) groups excluding carboxylic acids is 1. The largest absolute Gasteiger partial charge is 0.481 e. The van der Waals surface area contributed by atoms with Crippen molar-refractivity contribution in [1.29, 1.82) is 0 Å². The number of carboxylic acid groups (broad SMARTS) is 1. The molecular weight excluding hydrogens is 244 g/mol. The van der Waals surface area contributed by atoms with E-state index in [1.165, 1.54) is 5.56 Å². The zero-order valence-electron chi connectivity index (χ0n) is 10.7. The number of amides is 1. The molecule has 5 heteroatoms. The third kappa shape index (κ3) is 4.06. The van der Waals surface area contributed by atoms with Gasteiger partial charge in [0, 0.05) is 25.1 Å². The van der Waals surface area contributed by atoms with Gasteiger partial charge < -0.3 is 15.7 Å². The molecule has 3 N–H and O–H groups in total. The van der Waals surface area contributed by atoms with Gasteiger partial charge in [-0.05, 0) is 36.6 Å². The van der Waals surface area contributed by atoms with Crippen molar-refractivity contribution in [1.82, 2.24) is 5.32 Å². The predicted molar refractivity (Wildman–Crippen MR) is 72.0 cm³/mol. The summed E-state index contributed by atoms with van der Waals surface area (Å²) in [7, 11) is 0. The van der Waals surface area contributed by atoms with E-state index in [4.69, 9.17) is 5.11 Å². The summed E-state index contributed by atoms with van der Waals surface area (Å²) in [5, 5.41) is 14.6. The van der Waals surface area contributed by atoms with Crippen molar-refractivity contribution in [3.05, 3.63) is 29.3 Å². The highest BCUT2D eigenvalue weighted by molar-refractivity contribution is 5.93. The summed E-state index contributed by atoms with van der Waals surface area (Å²) in [5.74, 6) is -0.682. The highest BCUT2D eigenvalue weighted by Crippen LogP contribution is 2.23. The maximum atomic E-state index is 11.2. The molecule has 1 heterocycles. The second-order valence-corrected chi connectivity index (χ2v) is 4.71. The van der Waals surface area contributed by atoms with Gasteiger partial charge in [0.1, 0.15) is 0 Å². The molecule has 0 radical (unpaired) electrons. The van der Waals surface area contributed by atoms with Crippen molar-refractivity contribution in [3.63, 3.8) is 0 Å². The SMILES string of the molecule is O=C(O)CCCNCc1ccc2c(c1)CCC(=O)N2. The predicted octanol–water partition coefficient (Wildman–Crippen LogP) is 1.53. The van der Waals surface area contributed by atoms with Crippen LogP contribution in [0.15, 0.2) is 18.2 Å². The highest BCUT2D eigenvalue weighted by Gasteiger charge is 2.14. The molecule has 2 rings (SSSR count). The Morgan fingerprint density at radius 1 is 1.37 bits per heavy atom. The Morgan fingerprint density at radius 3 is 3.00 bits per heavy atom. The van der Waals surface area contributed by atoms with Gasteiger partial charge in [-0.2, -0.15) is 0 Å². The Balaban J connectivity index is 1.82. The fraction of sp³-hybridized carbons (Fsp3) is 0.429. The second kappa shape index (κ2) is 6.33. The number of fused-ring (bicyclic) bond motifs is 1. The van der Waals surface area contributed by atoms with Gasteiger partial charge in [0.05, 0.1) is 0 Å². The van der Waals surface area contributed by atoms with Gasteiger partial charge in [0.15, 0.2) is 0 Å². The first-order chi connectivity index (χ1) is 9.15. The third-order valence-corrected chi connectivity index (χ3v) is 3.14. The maximum absolute atomic E-state index is 11.2. The van der Waals surface area contributed by atoms with Gasteiger partial charge in [0.2, 0.25) is 5.91 Å². The fourth-order valence-corrected chi connectivity index (χ4v) is 2.14. The molecule has 0 aliphatic carbocycles. The molecule has 1 aromatic carbocycles. The molecule has 0 spiro atoms. The van der Waals surface area contributed by atoms with E-state index in [2.05, 4.69) is 16.7 Å². The monoisotopic (exact) mass is 262 g/mol. The molecule has 5 nitrogen and oxygen atoms in total. The normalized spacial score (nSPS) is 13.8. The van der Waals surface area contributed by atoms with Crippen molar-refractivity contribution < 1.29 is 14.7 Å². The Labute approximate surface area is 112 Å². The first-order valence-electron chi connectivity index (χ1n) is 6.49. The summed E-state index contributed by atoms with van der Waals surface area (Å²) < 4.78 is 0. The number of aryl methyl sites for hydroxylation is 1. The van der Waals surface area contributed by atoms with Crippen molar-refractivity contribution in [2.45, 2.75) is 32.2 Å². The van der Waals surface area contributed by atoms with E-state index in [-0.39, 0.29) is 12.3 Å². The lowest BCUT2D eigenvalue weighted by Crippen LogP contribution is -2.20. The Hall–Kier alpha value is -1.88. The molecule has 0 fully saturated rings. The summed E-state index contributed by atoms with van der Waals surface area (Å²) >= 11 is 0. The van der Waals surface area contributed by atoms with Crippen molar-refractivity contribution in [3.8, 4) is 0 Å². The zero-order chi connectivity index (χ0) is 13.7. The van der Waals surface area contributed by atoms with Crippen LogP contribution in [0.3, 0.4) is 0 Å². The van der Waals surface area contributed by atoms with E-state index >= 15 is 0 Å². The lowest BCUT2D eigenvalue weighted by Gasteiger charge is -2.17. The van der Waals surface area contributed by atoms with Gasteiger partial charge in [-0.15, -0.1) is 0 Å². The molecule has 1 aromatic rings. The number of hydrogen-bond acceptors (Lipinski definition) is 3. The summed E-state index contributed by atoms with van der Waals surface area (Å²) in [5.41, 5.74) is 3.24. The number of benzene rings is 1. The van der Waals surface area contributed by atoms with E-state index in [1.54, 1.807) is 0 Å². The van der Waals surface area contributed by atoms with Crippen LogP contribution in [0.25, 0.3) is 0 Å². The Kier molecular flexibility index (Phi) is 4.52. The highest BCUT2D eigenvalue weighted by atomic mass is 16.4. The van der Waals surface area contributed by atoms with Crippen LogP contribution < -0.4 is 10.6 Å². The van der Waals surface area contributed by atoms with Gasteiger partial charge in [0.25, 0.3) is 0 Å². The molecule has 1 aliphatic heterocycles. The molecule has 0 saturated carbocycles. The van der Waals surface area contributed by atoms with E-state index < -0.39 is 5.97 Å². The topological polar surface area (TPSA) is 78.4 Å². The molecule has 102 valence electrons. The average Bonchev–Trinajstić information content (AvgIpc) is 2.38. The Bertz CT molecular complexity index is 486. The number of carboxylic acids is 1. The molecule has 1 amide bonds. The number of aliphatic carboxylic acids is 1. The quantitative estimate of drug-likeness (QED) is 0.679. The summed E-state index contributed by atoms with van der Waals surface area (Å²) in [6, 6.07) is 6.01. The van der Waals surface area contributed by atoms with Gasteiger partial charge in [-0.25, -0.2) is 0 Å². The van der Waals surface area contributed by atoms with Gasteiger partial charge >= 0.3 is 5.97 Å². The molecule has 0 bridgehead atoms. The third-order valence-electron chi connectivity index (χ3n) is 3.14. The van der Waals surface area contributed by atoms with E-state index in [0.717, 1.165) is 24.2 Å². The van der Waals surface area contributed by atoms with Crippen molar-refractivity contribution in [2.24, 2.45) is 0 Å². The Morgan fingerprint density at radius 2 is 2.21 bits per heavy atom. The van der Waals surface area contributed by atoms with Crippen LogP contribution >= 0.6 is 0 Å². The number of rotatable bonds is 6. The van der Waals surface area contributed by atoms with Crippen molar-refractivity contribution >= 4 is 17.6 Å². The minimum Gasteiger partial charge on any atom is -0.481 e. The minimum atomic E-state index is -0.758. The molecule has 0 saturated heterocycles. The number of anilines is 1. The van der Waals surface area contributed by atoms with Crippen LogP contribution in [0.4, 0.5) is 5.69 Å². The molecule has 1 aliphatic rings. The molecule has 0 unspecified atom stereocenters. The van der Waals surface area contributed by atoms with Gasteiger partial charge in [-0.1, -0.05) is 12.1 Å². The minimum absolute atomic E-state index is 0.0760. The van der Waals surface area contributed by atoms with E-state index in [9.17, 15) is 9.59 Å². The number of nitrogens with one attached hydrogen (secondary N) is 2. The summed E-state index contributed by atoms with van der Waals surface area (Å²) in [6.45, 7) is 1.42. The maximum Gasteiger partial charge on any atom is 0.303 e. The zero-order valence-corrected chi connectivity index (χ0v) is 10.7. The standard InChI is InChI=1S/C14H18N2O3/c17-13-6-4-11-8-10(3-5-12(11)16-13)9-15-7-1-2-14(18)19/h3,5,8,15H,1-2,4,6-7,9H2,(H,16,17)(H,18,19). The summed E-state index contributed by atoms with van der Waals surface area (Å²) in [4.78, 5) is 21.6. The lowest BCUT2D eigenvalue weighted by molar-refractivity contribution is -0.137. The van der Waals surface area contributed by atoms with Crippen LogP contribution in [-0.4, -0.2) is 23.5 Å². The lowest BCUT2D eigenvalue weighted by atomic mass is 10.0. The smallest absolute Gasteiger partial charge is 0.303 e. The van der Waals surface area contributed by atoms with Crippen molar-refractivity contribution in [2.75, 3.05) is 11.9 Å². The fourth-order valence-electron chi connectivity index (χ4n) is 2.14. The summed E-state index contributed by atoms with van der Waals surface area (Å²) in [6.07, 6.45) is 2.16. The van der Waals surface area contributed by atoms with Crippen LogP contribution in [0, 0.1) is 0 Å². The number of hydrogen-bond donors (Lipinski definition) is 3. The first-order valence-corrected chi connectivity index (χ1v) is 6.49. The second-order valence-electron chi connectivity index (χ2n) is 4.71. The van der Waals surface area contributed by atoms with Crippen LogP contribution in [-0.2, 0) is 22.6 Å². The number of carbonyl (C=O) groups is 2.